The summed E-state index contributed by atoms with van der Waals surface area (Å²) in [7, 11) is 0. The number of aromatic nitrogens is 4. The number of aryl methyl sites for hydroxylation is 2. The van der Waals surface area contributed by atoms with Crippen LogP contribution in [0.15, 0.2) is 34.9 Å². The fraction of sp³-hybridized carbons (Fsp3) is 0.368. The summed E-state index contributed by atoms with van der Waals surface area (Å²) in [5.41, 5.74) is 3.79. The zero-order chi connectivity index (χ0) is 18.1. The predicted octanol–water partition coefficient (Wildman–Crippen LogP) is 3.65. The van der Waals surface area contributed by atoms with E-state index in [4.69, 9.17) is 4.42 Å². The van der Waals surface area contributed by atoms with E-state index in [9.17, 15) is 4.79 Å². The number of benzene rings is 1. The van der Waals surface area contributed by atoms with Crippen LogP contribution in [0.5, 0.6) is 0 Å². The van der Waals surface area contributed by atoms with E-state index in [-0.39, 0.29) is 23.9 Å². The molecule has 0 atom stereocenters. The largest absolute Gasteiger partial charge is 0.401 e. The number of anilines is 1. The SMILES string of the molecule is CC(C)n1ccc(-c2nnc(NC(=O)c3ccc4c(c3)CCCC4)o2)n1. The van der Waals surface area contributed by atoms with Crippen LogP contribution in [0.3, 0.4) is 0 Å². The molecule has 1 amide bonds. The minimum Gasteiger partial charge on any atom is -0.401 e. The van der Waals surface area contributed by atoms with Crippen LogP contribution in [0.1, 0.15) is 54.2 Å². The minimum absolute atomic E-state index is 0.0711. The van der Waals surface area contributed by atoms with Crippen molar-refractivity contribution < 1.29 is 9.21 Å². The lowest BCUT2D eigenvalue weighted by Gasteiger charge is -2.16. The smallest absolute Gasteiger partial charge is 0.322 e. The normalized spacial score (nSPS) is 13.7. The molecule has 0 radical (unpaired) electrons. The zero-order valence-electron chi connectivity index (χ0n) is 14.9. The summed E-state index contributed by atoms with van der Waals surface area (Å²) < 4.78 is 7.35. The van der Waals surface area contributed by atoms with Crippen molar-refractivity contribution in [3.8, 4) is 11.6 Å². The molecule has 1 N–H and O–H groups in total. The summed E-state index contributed by atoms with van der Waals surface area (Å²) in [6.45, 7) is 4.07. The Hall–Kier alpha value is -2.96. The fourth-order valence-electron chi connectivity index (χ4n) is 3.16. The summed E-state index contributed by atoms with van der Waals surface area (Å²) in [4.78, 5) is 12.5. The Morgan fingerprint density at radius 1 is 1.15 bits per heavy atom. The number of carbonyl (C=O) groups is 1. The molecule has 0 fully saturated rings. The number of hydrogen-bond acceptors (Lipinski definition) is 5. The molecule has 0 unspecified atom stereocenters. The Morgan fingerprint density at radius 2 is 1.96 bits per heavy atom. The third-order valence-electron chi connectivity index (χ3n) is 4.61. The van der Waals surface area contributed by atoms with Crippen molar-refractivity contribution >= 4 is 11.9 Å². The lowest BCUT2D eigenvalue weighted by atomic mass is 9.90. The molecule has 134 valence electrons. The molecule has 7 heteroatoms. The molecule has 4 rings (SSSR count). The van der Waals surface area contributed by atoms with Crippen LogP contribution in [0.2, 0.25) is 0 Å². The molecule has 2 heterocycles. The number of carbonyl (C=O) groups excluding carboxylic acids is 1. The molecule has 1 aliphatic carbocycles. The van der Waals surface area contributed by atoms with E-state index in [2.05, 4.69) is 20.6 Å². The fourth-order valence-corrected chi connectivity index (χ4v) is 3.16. The number of rotatable bonds is 4. The first-order valence-electron chi connectivity index (χ1n) is 8.92. The lowest BCUT2D eigenvalue weighted by Crippen LogP contribution is -2.13. The van der Waals surface area contributed by atoms with Crippen LogP contribution in [0, 0.1) is 0 Å². The van der Waals surface area contributed by atoms with Gasteiger partial charge in [-0.3, -0.25) is 14.8 Å². The Labute approximate surface area is 151 Å². The van der Waals surface area contributed by atoms with E-state index in [1.807, 2.05) is 49.0 Å². The summed E-state index contributed by atoms with van der Waals surface area (Å²) in [5.74, 6) is 0.0337. The molecular weight excluding hydrogens is 330 g/mol. The van der Waals surface area contributed by atoms with E-state index in [1.54, 1.807) is 0 Å². The first-order chi connectivity index (χ1) is 12.6. The van der Waals surface area contributed by atoms with Gasteiger partial charge in [-0.1, -0.05) is 11.2 Å². The second kappa shape index (κ2) is 6.74. The van der Waals surface area contributed by atoms with Gasteiger partial charge in [0.15, 0.2) is 0 Å². The highest BCUT2D eigenvalue weighted by atomic mass is 16.4. The monoisotopic (exact) mass is 351 g/mol. The molecule has 26 heavy (non-hydrogen) atoms. The minimum atomic E-state index is -0.249. The lowest BCUT2D eigenvalue weighted by molar-refractivity contribution is 0.102. The molecule has 0 aliphatic heterocycles. The predicted molar refractivity (Wildman–Crippen MR) is 96.9 cm³/mol. The highest BCUT2D eigenvalue weighted by Gasteiger charge is 2.17. The molecular formula is C19H21N5O2. The zero-order valence-corrected chi connectivity index (χ0v) is 14.9. The standard InChI is InChI=1S/C19H21N5O2/c1-12(2)24-10-9-16(23-24)18-21-22-19(26-18)20-17(25)15-8-7-13-5-3-4-6-14(13)11-15/h7-12H,3-6H2,1-2H3,(H,20,22,25). The van der Waals surface area contributed by atoms with Crippen molar-refractivity contribution in [3.05, 3.63) is 47.2 Å². The van der Waals surface area contributed by atoms with E-state index in [0.717, 1.165) is 12.8 Å². The van der Waals surface area contributed by atoms with Crippen molar-refractivity contribution in [2.45, 2.75) is 45.6 Å². The van der Waals surface area contributed by atoms with Gasteiger partial charge in [-0.05, 0) is 68.9 Å². The molecule has 3 aromatic rings. The van der Waals surface area contributed by atoms with Crippen molar-refractivity contribution in [1.82, 2.24) is 20.0 Å². The summed E-state index contributed by atoms with van der Waals surface area (Å²) in [6, 6.07) is 7.98. The maximum atomic E-state index is 12.5. The third kappa shape index (κ3) is 3.24. The van der Waals surface area contributed by atoms with Crippen molar-refractivity contribution in [2.75, 3.05) is 5.32 Å². The van der Waals surface area contributed by atoms with Crippen molar-refractivity contribution in [1.29, 1.82) is 0 Å². The van der Waals surface area contributed by atoms with Gasteiger partial charge < -0.3 is 4.42 Å². The Balaban J connectivity index is 1.49. The average molecular weight is 351 g/mol. The van der Waals surface area contributed by atoms with Crippen LogP contribution >= 0.6 is 0 Å². The van der Waals surface area contributed by atoms with Gasteiger partial charge in [-0.25, -0.2) is 0 Å². The molecule has 1 aromatic carbocycles. The van der Waals surface area contributed by atoms with E-state index in [0.29, 0.717) is 11.3 Å². The van der Waals surface area contributed by atoms with Crippen molar-refractivity contribution in [2.24, 2.45) is 0 Å². The average Bonchev–Trinajstić information content (AvgIpc) is 3.30. The van der Waals surface area contributed by atoms with Gasteiger partial charge in [0.05, 0.1) is 0 Å². The first-order valence-corrected chi connectivity index (χ1v) is 8.92. The summed E-state index contributed by atoms with van der Waals surface area (Å²) in [5, 5.41) is 14.9. The first kappa shape index (κ1) is 16.5. The highest BCUT2D eigenvalue weighted by Crippen LogP contribution is 2.23. The van der Waals surface area contributed by atoms with Gasteiger partial charge in [0.1, 0.15) is 5.69 Å². The van der Waals surface area contributed by atoms with E-state index in [1.165, 1.54) is 24.0 Å². The number of nitrogens with one attached hydrogen (secondary N) is 1. The Bertz CT molecular complexity index is 941. The summed E-state index contributed by atoms with van der Waals surface area (Å²) >= 11 is 0. The van der Waals surface area contributed by atoms with Crippen LogP contribution in [0.25, 0.3) is 11.6 Å². The quantitative estimate of drug-likeness (QED) is 0.775. The summed E-state index contributed by atoms with van der Waals surface area (Å²) in [6.07, 6.45) is 6.37. The highest BCUT2D eigenvalue weighted by molar-refractivity contribution is 6.03. The van der Waals surface area contributed by atoms with Crippen LogP contribution in [-0.2, 0) is 12.8 Å². The second-order valence-electron chi connectivity index (χ2n) is 6.83. The third-order valence-corrected chi connectivity index (χ3v) is 4.61. The number of hydrogen-bond donors (Lipinski definition) is 1. The van der Waals surface area contributed by atoms with Gasteiger partial charge in [-0.15, -0.1) is 5.10 Å². The van der Waals surface area contributed by atoms with Crippen molar-refractivity contribution in [3.63, 3.8) is 0 Å². The molecule has 0 saturated carbocycles. The topological polar surface area (TPSA) is 85.8 Å². The van der Waals surface area contributed by atoms with E-state index >= 15 is 0 Å². The van der Waals surface area contributed by atoms with Gasteiger partial charge in [0.25, 0.3) is 11.8 Å². The number of fused-ring (bicyclic) bond motifs is 1. The van der Waals surface area contributed by atoms with Gasteiger partial charge in [0.2, 0.25) is 0 Å². The van der Waals surface area contributed by atoms with E-state index < -0.39 is 0 Å². The number of nitrogens with zero attached hydrogens (tertiary/aromatic N) is 4. The Morgan fingerprint density at radius 3 is 2.73 bits per heavy atom. The maximum absolute atomic E-state index is 12.5. The van der Waals surface area contributed by atoms with Gasteiger partial charge >= 0.3 is 6.01 Å². The second-order valence-corrected chi connectivity index (χ2v) is 6.83. The molecule has 0 bridgehead atoms. The molecule has 1 aliphatic rings. The maximum Gasteiger partial charge on any atom is 0.322 e. The van der Waals surface area contributed by atoms with Crippen LogP contribution < -0.4 is 5.32 Å². The molecule has 0 saturated heterocycles. The molecule has 0 spiro atoms. The number of amides is 1. The van der Waals surface area contributed by atoms with Gasteiger partial charge in [0, 0.05) is 17.8 Å². The van der Waals surface area contributed by atoms with Crippen LogP contribution in [0.4, 0.5) is 6.01 Å². The van der Waals surface area contributed by atoms with Crippen LogP contribution in [-0.4, -0.2) is 25.9 Å². The molecule has 7 nitrogen and oxygen atoms in total. The van der Waals surface area contributed by atoms with Gasteiger partial charge in [-0.2, -0.15) is 5.10 Å². The molecule has 2 aromatic heterocycles. The Kier molecular flexibility index (Phi) is 4.28.